The fraction of sp³-hybridized carbons (Fsp3) is 0.529. The molecule has 1 saturated carbocycles. The minimum Gasteiger partial charge on any atom is -0.472 e. The van der Waals surface area contributed by atoms with E-state index in [9.17, 15) is 4.79 Å². The van der Waals surface area contributed by atoms with Crippen LogP contribution in [0.4, 0.5) is 0 Å². The van der Waals surface area contributed by atoms with E-state index in [1.807, 2.05) is 17.8 Å². The lowest BCUT2D eigenvalue weighted by Crippen LogP contribution is -2.42. The summed E-state index contributed by atoms with van der Waals surface area (Å²) in [7, 11) is 0. The highest BCUT2D eigenvalue weighted by molar-refractivity contribution is 7.99. The Morgan fingerprint density at radius 2 is 2.25 bits per heavy atom. The number of furan rings is 1. The smallest absolute Gasteiger partial charge is 0.273 e. The summed E-state index contributed by atoms with van der Waals surface area (Å²) in [6.07, 6.45) is 5.71. The first-order valence-electron chi connectivity index (χ1n) is 8.40. The van der Waals surface area contributed by atoms with Crippen molar-refractivity contribution in [1.82, 2.24) is 15.4 Å². The first kappa shape index (κ1) is 15.8. The third-order valence-corrected chi connectivity index (χ3v) is 5.55. The fourth-order valence-corrected chi connectivity index (χ4v) is 3.98. The quantitative estimate of drug-likeness (QED) is 0.866. The van der Waals surface area contributed by atoms with E-state index in [-0.39, 0.29) is 11.9 Å². The van der Waals surface area contributed by atoms with E-state index >= 15 is 0 Å². The average molecular weight is 347 g/mol. The molecule has 2 aromatic heterocycles. The van der Waals surface area contributed by atoms with Crippen molar-refractivity contribution in [3.05, 3.63) is 41.7 Å². The Morgan fingerprint density at radius 1 is 1.42 bits per heavy atom. The van der Waals surface area contributed by atoms with E-state index in [0.29, 0.717) is 18.2 Å². The van der Waals surface area contributed by atoms with Gasteiger partial charge in [0.25, 0.3) is 5.91 Å². The van der Waals surface area contributed by atoms with Crippen LogP contribution >= 0.6 is 11.8 Å². The minimum absolute atomic E-state index is 0.128. The first-order valence-corrected chi connectivity index (χ1v) is 9.55. The Morgan fingerprint density at radius 3 is 2.96 bits per heavy atom. The molecule has 128 valence electrons. The third-order valence-electron chi connectivity index (χ3n) is 4.61. The minimum atomic E-state index is -0.175. The number of nitrogens with zero attached hydrogens (tertiary/aromatic N) is 2. The zero-order valence-corrected chi connectivity index (χ0v) is 14.3. The summed E-state index contributed by atoms with van der Waals surface area (Å²) in [5.74, 6) is 3.36. The largest absolute Gasteiger partial charge is 0.472 e. The topological polar surface area (TPSA) is 71.5 Å². The Labute approximate surface area is 144 Å². The van der Waals surface area contributed by atoms with E-state index in [1.165, 1.54) is 0 Å². The van der Waals surface area contributed by atoms with Crippen LogP contribution in [0.3, 0.4) is 0 Å². The Balaban J connectivity index is 1.41. The molecule has 3 heterocycles. The molecule has 4 rings (SSSR count). The molecular weight excluding hydrogens is 326 g/mol. The molecule has 1 saturated heterocycles. The Bertz CT molecular complexity index is 675. The molecule has 0 bridgehead atoms. The number of nitrogens with one attached hydrogen (secondary N) is 1. The number of thioether (sulfide) groups is 1. The van der Waals surface area contributed by atoms with Gasteiger partial charge in [-0.2, -0.15) is 11.8 Å². The van der Waals surface area contributed by atoms with Gasteiger partial charge in [-0.1, -0.05) is 5.16 Å². The van der Waals surface area contributed by atoms with Crippen molar-refractivity contribution in [1.29, 1.82) is 0 Å². The molecule has 1 aliphatic carbocycles. The number of aromatic nitrogens is 1. The van der Waals surface area contributed by atoms with E-state index in [0.717, 1.165) is 48.8 Å². The van der Waals surface area contributed by atoms with Crippen LogP contribution < -0.4 is 5.32 Å². The standard InChI is InChI=1S/C17H21N3O3S/c21-17(14-9-16(23-19-14)12-1-2-12)18-10-15(13-3-6-22-11-13)20-4-7-24-8-5-20/h3,6,9,11-12,15H,1-2,4-5,7-8,10H2,(H,18,21). The molecule has 24 heavy (non-hydrogen) atoms. The molecule has 6 nitrogen and oxygen atoms in total. The highest BCUT2D eigenvalue weighted by Gasteiger charge is 2.29. The fourth-order valence-electron chi connectivity index (χ4n) is 3.05. The van der Waals surface area contributed by atoms with E-state index < -0.39 is 0 Å². The molecule has 2 fully saturated rings. The lowest BCUT2D eigenvalue weighted by molar-refractivity contribution is 0.0925. The number of carbonyl (C=O) groups is 1. The van der Waals surface area contributed by atoms with Crippen LogP contribution in [-0.2, 0) is 0 Å². The summed E-state index contributed by atoms with van der Waals surface area (Å²) in [5, 5.41) is 6.91. The summed E-state index contributed by atoms with van der Waals surface area (Å²) >= 11 is 1.97. The summed E-state index contributed by atoms with van der Waals surface area (Å²) in [4.78, 5) is 14.8. The molecule has 1 N–H and O–H groups in total. The molecule has 0 spiro atoms. The van der Waals surface area contributed by atoms with Crippen molar-refractivity contribution in [2.24, 2.45) is 0 Å². The number of amides is 1. The molecule has 0 aromatic carbocycles. The zero-order valence-electron chi connectivity index (χ0n) is 13.4. The van der Waals surface area contributed by atoms with E-state index in [1.54, 1.807) is 18.6 Å². The average Bonchev–Trinajstić information content (AvgIpc) is 3.12. The third kappa shape index (κ3) is 3.52. The van der Waals surface area contributed by atoms with Gasteiger partial charge in [0.1, 0.15) is 5.76 Å². The zero-order chi connectivity index (χ0) is 16.4. The van der Waals surface area contributed by atoms with Gasteiger partial charge in [-0.25, -0.2) is 0 Å². The van der Waals surface area contributed by atoms with Crippen LogP contribution in [0, 0.1) is 0 Å². The molecule has 2 aliphatic rings. The first-order chi connectivity index (χ1) is 11.8. The molecule has 1 unspecified atom stereocenters. The lowest BCUT2D eigenvalue weighted by Gasteiger charge is -2.33. The summed E-state index contributed by atoms with van der Waals surface area (Å²) in [5.41, 5.74) is 1.47. The van der Waals surface area contributed by atoms with Gasteiger partial charge in [-0.3, -0.25) is 9.69 Å². The lowest BCUT2D eigenvalue weighted by atomic mass is 10.1. The van der Waals surface area contributed by atoms with Gasteiger partial charge in [-0.05, 0) is 18.9 Å². The second-order valence-corrected chi connectivity index (χ2v) is 7.54. The summed E-state index contributed by atoms with van der Waals surface area (Å²) in [6.45, 7) is 2.58. The van der Waals surface area contributed by atoms with Gasteiger partial charge >= 0.3 is 0 Å². The number of hydrogen-bond acceptors (Lipinski definition) is 6. The normalized spacial score (nSPS) is 20.0. The second-order valence-electron chi connectivity index (χ2n) is 6.32. The van der Waals surface area contributed by atoms with Gasteiger partial charge < -0.3 is 14.3 Å². The van der Waals surface area contributed by atoms with Gasteiger partial charge in [0.2, 0.25) is 0 Å². The predicted octanol–water partition coefficient (Wildman–Crippen LogP) is 2.66. The van der Waals surface area contributed by atoms with Crippen molar-refractivity contribution in [2.45, 2.75) is 24.8 Å². The van der Waals surface area contributed by atoms with Crippen LogP contribution in [0.5, 0.6) is 0 Å². The molecule has 1 atom stereocenters. The Kier molecular flexibility index (Phi) is 4.62. The van der Waals surface area contributed by atoms with Crippen LogP contribution in [0.1, 0.15) is 46.6 Å². The maximum Gasteiger partial charge on any atom is 0.273 e. The van der Waals surface area contributed by atoms with Gasteiger partial charge in [-0.15, -0.1) is 0 Å². The number of hydrogen-bond donors (Lipinski definition) is 1. The molecular formula is C17H21N3O3S. The predicted molar refractivity (Wildman–Crippen MR) is 91.2 cm³/mol. The second kappa shape index (κ2) is 7.03. The van der Waals surface area contributed by atoms with Crippen molar-refractivity contribution in [2.75, 3.05) is 31.1 Å². The maximum atomic E-state index is 12.4. The van der Waals surface area contributed by atoms with Crippen molar-refractivity contribution in [3.63, 3.8) is 0 Å². The Hall–Kier alpha value is -1.73. The van der Waals surface area contributed by atoms with Crippen molar-refractivity contribution < 1.29 is 13.7 Å². The van der Waals surface area contributed by atoms with Gasteiger partial charge in [0.05, 0.1) is 18.6 Å². The molecule has 1 amide bonds. The van der Waals surface area contributed by atoms with E-state index in [4.69, 9.17) is 8.94 Å². The molecule has 7 heteroatoms. The SMILES string of the molecule is O=C(NCC(c1ccoc1)N1CCSCC1)c1cc(C2CC2)on1. The van der Waals surface area contributed by atoms with Crippen LogP contribution in [0.25, 0.3) is 0 Å². The summed E-state index contributed by atoms with van der Waals surface area (Å²) < 4.78 is 10.5. The van der Waals surface area contributed by atoms with Gasteiger partial charge in [0, 0.05) is 48.7 Å². The monoisotopic (exact) mass is 347 g/mol. The van der Waals surface area contributed by atoms with Gasteiger partial charge in [0.15, 0.2) is 5.69 Å². The molecule has 0 radical (unpaired) electrons. The van der Waals surface area contributed by atoms with Crippen LogP contribution in [-0.4, -0.2) is 47.1 Å². The highest BCUT2D eigenvalue weighted by Crippen LogP contribution is 2.40. The number of rotatable bonds is 6. The highest BCUT2D eigenvalue weighted by atomic mass is 32.2. The number of carbonyl (C=O) groups excluding carboxylic acids is 1. The van der Waals surface area contributed by atoms with Crippen molar-refractivity contribution in [3.8, 4) is 0 Å². The van der Waals surface area contributed by atoms with E-state index in [2.05, 4.69) is 15.4 Å². The van der Waals surface area contributed by atoms with Crippen molar-refractivity contribution >= 4 is 17.7 Å². The van der Waals surface area contributed by atoms with Crippen LogP contribution in [0.2, 0.25) is 0 Å². The maximum absolute atomic E-state index is 12.4. The molecule has 2 aromatic rings. The summed E-state index contributed by atoms with van der Waals surface area (Å²) in [6, 6.07) is 3.88. The van der Waals surface area contributed by atoms with Crippen LogP contribution in [0.15, 0.2) is 33.6 Å². The molecule has 1 aliphatic heterocycles.